The van der Waals surface area contributed by atoms with Gasteiger partial charge in [0.2, 0.25) is 11.8 Å². The van der Waals surface area contributed by atoms with Crippen LogP contribution in [-0.4, -0.2) is 52.5 Å². The van der Waals surface area contributed by atoms with E-state index in [0.29, 0.717) is 43.9 Å². The van der Waals surface area contributed by atoms with Gasteiger partial charge in [0.25, 0.3) is 0 Å². The van der Waals surface area contributed by atoms with Crippen LogP contribution in [0.1, 0.15) is 30.9 Å². The van der Waals surface area contributed by atoms with E-state index >= 15 is 0 Å². The highest BCUT2D eigenvalue weighted by molar-refractivity contribution is 6.30. The minimum absolute atomic E-state index is 0.0715. The zero-order valence-corrected chi connectivity index (χ0v) is 14.9. The molecule has 1 N–H and O–H groups in total. The first-order chi connectivity index (χ1) is 12.0. The Kier molecular flexibility index (Phi) is 5.45. The van der Waals surface area contributed by atoms with Crippen LogP contribution in [-0.2, 0) is 9.59 Å². The van der Waals surface area contributed by atoms with Gasteiger partial charge in [0.1, 0.15) is 0 Å². The summed E-state index contributed by atoms with van der Waals surface area (Å²) in [5.74, 6) is -0.113. The van der Waals surface area contributed by atoms with E-state index in [1.807, 2.05) is 12.1 Å². The molecule has 2 amide bonds. The molecule has 1 aromatic carbocycles. The molecule has 2 saturated heterocycles. The minimum atomic E-state index is -0.562. The maximum absolute atomic E-state index is 13.0. The fourth-order valence-corrected chi connectivity index (χ4v) is 3.92. The van der Waals surface area contributed by atoms with Crippen molar-refractivity contribution in [2.24, 2.45) is 5.92 Å². The molecule has 6 heteroatoms. The van der Waals surface area contributed by atoms with Gasteiger partial charge in [0.05, 0.1) is 12.1 Å². The molecule has 134 valence electrons. The highest BCUT2D eigenvalue weighted by Gasteiger charge is 2.40. The second-order valence-corrected chi connectivity index (χ2v) is 7.12. The molecular formula is C19H23ClN2O3. The van der Waals surface area contributed by atoms with E-state index in [1.165, 1.54) is 6.08 Å². The van der Waals surface area contributed by atoms with Crippen LogP contribution in [0.15, 0.2) is 36.9 Å². The summed E-state index contributed by atoms with van der Waals surface area (Å²) in [5, 5.41) is 11.0. The Morgan fingerprint density at radius 2 is 1.76 bits per heavy atom. The Morgan fingerprint density at radius 1 is 1.12 bits per heavy atom. The topological polar surface area (TPSA) is 60.9 Å². The Labute approximate surface area is 152 Å². The molecule has 2 aliphatic heterocycles. The van der Waals surface area contributed by atoms with E-state index in [1.54, 1.807) is 21.9 Å². The molecule has 0 saturated carbocycles. The quantitative estimate of drug-likeness (QED) is 0.840. The van der Waals surface area contributed by atoms with Crippen molar-refractivity contribution in [2.45, 2.75) is 31.4 Å². The molecule has 0 spiro atoms. The van der Waals surface area contributed by atoms with Crippen LogP contribution >= 0.6 is 11.6 Å². The average Bonchev–Trinajstić information content (AvgIpc) is 3.03. The third-order valence-electron chi connectivity index (χ3n) is 5.19. The minimum Gasteiger partial charge on any atom is -0.391 e. The molecular weight excluding hydrogens is 340 g/mol. The largest absolute Gasteiger partial charge is 0.391 e. The highest BCUT2D eigenvalue weighted by atomic mass is 35.5. The maximum atomic E-state index is 13.0. The summed E-state index contributed by atoms with van der Waals surface area (Å²) in [5.41, 5.74) is 0.905. The Balaban J connectivity index is 1.70. The van der Waals surface area contributed by atoms with E-state index < -0.39 is 6.10 Å². The van der Waals surface area contributed by atoms with Crippen LogP contribution in [0.2, 0.25) is 5.02 Å². The smallest absolute Gasteiger partial charge is 0.245 e. The maximum Gasteiger partial charge on any atom is 0.245 e. The summed E-state index contributed by atoms with van der Waals surface area (Å²) in [6.45, 7) is 5.21. The van der Waals surface area contributed by atoms with Crippen molar-refractivity contribution in [3.8, 4) is 0 Å². The fraction of sp³-hybridized carbons (Fsp3) is 0.474. The van der Waals surface area contributed by atoms with E-state index in [9.17, 15) is 14.7 Å². The van der Waals surface area contributed by atoms with Crippen LogP contribution in [0.4, 0.5) is 0 Å². The molecule has 0 radical (unpaired) electrons. The molecule has 2 aliphatic rings. The van der Waals surface area contributed by atoms with E-state index in [4.69, 9.17) is 11.6 Å². The first-order valence-corrected chi connectivity index (χ1v) is 9.04. The Bertz CT molecular complexity index is 653. The van der Waals surface area contributed by atoms with Crippen LogP contribution < -0.4 is 0 Å². The number of aliphatic hydroxyl groups excluding tert-OH is 1. The summed E-state index contributed by atoms with van der Waals surface area (Å²) in [6.07, 6.45) is 2.63. The van der Waals surface area contributed by atoms with E-state index in [-0.39, 0.29) is 23.8 Å². The lowest BCUT2D eigenvalue weighted by molar-refractivity contribution is -0.141. The van der Waals surface area contributed by atoms with E-state index in [2.05, 4.69) is 6.58 Å². The van der Waals surface area contributed by atoms with Gasteiger partial charge < -0.3 is 14.9 Å². The second kappa shape index (κ2) is 7.58. The fourth-order valence-electron chi connectivity index (χ4n) is 3.80. The number of piperidine rings is 1. The Morgan fingerprint density at radius 3 is 2.36 bits per heavy atom. The van der Waals surface area contributed by atoms with Crippen molar-refractivity contribution < 1.29 is 14.7 Å². The molecule has 2 atom stereocenters. The molecule has 0 unspecified atom stereocenters. The number of hydrogen-bond donors (Lipinski definition) is 1. The predicted octanol–water partition coefficient (Wildman–Crippen LogP) is 2.40. The average molecular weight is 363 g/mol. The normalized spacial score (nSPS) is 24.4. The van der Waals surface area contributed by atoms with Crippen molar-refractivity contribution in [3.05, 3.63) is 47.5 Å². The molecule has 1 aromatic rings. The zero-order chi connectivity index (χ0) is 18.0. The number of likely N-dealkylation sites (tertiary alicyclic amines) is 2. The lowest BCUT2D eigenvalue weighted by atomic mass is 9.94. The number of amides is 2. The van der Waals surface area contributed by atoms with Gasteiger partial charge in [-0.25, -0.2) is 0 Å². The van der Waals surface area contributed by atoms with Crippen molar-refractivity contribution in [3.63, 3.8) is 0 Å². The van der Waals surface area contributed by atoms with E-state index in [0.717, 1.165) is 5.56 Å². The SMILES string of the molecule is C=CC(=O)N1CCC(C(=O)N2CC[C@@H](O)[C@H]2c2ccc(Cl)cc2)CC1. The van der Waals surface area contributed by atoms with Crippen LogP contribution in [0.25, 0.3) is 0 Å². The van der Waals surface area contributed by atoms with Crippen LogP contribution in [0.3, 0.4) is 0 Å². The predicted molar refractivity (Wildman–Crippen MR) is 96.0 cm³/mol. The number of nitrogens with zero attached hydrogens (tertiary/aromatic N) is 2. The summed E-state index contributed by atoms with van der Waals surface area (Å²) < 4.78 is 0. The summed E-state index contributed by atoms with van der Waals surface area (Å²) >= 11 is 5.94. The van der Waals surface area contributed by atoms with Gasteiger partial charge in [-0.15, -0.1) is 0 Å². The van der Waals surface area contributed by atoms with Gasteiger partial charge in [0, 0.05) is 30.6 Å². The third-order valence-corrected chi connectivity index (χ3v) is 5.44. The van der Waals surface area contributed by atoms with Gasteiger partial charge >= 0.3 is 0 Å². The summed E-state index contributed by atoms with van der Waals surface area (Å²) in [4.78, 5) is 28.2. The van der Waals surface area contributed by atoms with Crippen LogP contribution in [0, 0.1) is 5.92 Å². The molecule has 0 bridgehead atoms. The van der Waals surface area contributed by atoms with Crippen molar-refractivity contribution in [1.82, 2.24) is 9.80 Å². The van der Waals surface area contributed by atoms with Gasteiger partial charge in [-0.05, 0) is 43.0 Å². The molecule has 25 heavy (non-hydrogen) atoms. The third kappa shape index (κ3) is 3.72. The zero-order valence-electron chi connectivity index (χ0n) is 14.1. The van der Waals surface area contributed by atoms with Gasteiger partial charge in [0.15, 0.2) is 0 Å². The number of carbonyl (C=O) groups excluding carboxylic acids is 2. The number of hydrogen-bond acceptors (Lipinski definition) is 3. The number of rotatable bonds is 3. The van der Waals surface area contributed by atoms with Crippen molar-refractivity contribution in [1.29, 1.82) is 0 Å². The van der Waals surface area contributed by atoms with Gasteiger partial charge in [-0.1, -0.05) is 30.3 Å². The second-order valence-electron chi connectivity index (χ2n) is 6.69. The molecule has 3 rings (SSSR count). The first-order valence-electron chi connectivity index (χ1n) is 8.66. The van der Waals surface area contributed by atoms with Gasteiger partial charge in [-0.3, -0.25) is 9.59 Å². The monoisotopic (exact) mass is 362 g/mol. The molecule has 0 aliphatic carbocycles. The van der Waals surface area contributed by atoms with Gasteiger partial charge in [-0.2, -0.15) is 0 Å². The lowest BCUT2D eigenvalue weighted by Gasteiger charge is -2.35. The highest BCUT2D eigenvalue weighted by Crippen LogP contribution is 2.35. The first kappa shape index (κ1) is 18.0. The Hall–Kier alpha value is -1.85. The number of halogens is 1. The van der Waals surface area contributed by atoms with Crippen molar-refractivity contribution in [2.75, 3.05) is 19.6 Å². The molecule has 0 aromatic heterocycles. The van der Waals surface area contributed by atoms with Crippen molar-refractivity contribution >= 4 is 23.4 Å². The van der Waals surface area contributed by atoms with Crippen LogP contribution in [0.5, 0.6) is 0 Å². The summed E-state index contributed by atoms with van der Waals surface area (Å²) in [7, 11) is 0. The number of carbonyl (C=O) groups is 2. The standard InChI is InChI=1S/C19H23ClN2O3/c1-2-17(24)21-10-7-14(8-11-21)19(25)22-12-9-16(23)18(22)13-3-5-15(20)6-4-13/h2-6,14,16,18,23H,1,7-12H2/t16-,18-/m1/s1. The molecule has 2 fully saturated rings. The molecule has 5 nitrogen and oxygen atoms in total. The number of benzene rings is 1. The molecule has 2 heterocycles. The number of aliphatic hydroxyl groups is 1. The summed E-state index contributed by atoms with van der Waals surface area (Å²) in [6, 6.07) is 6.98. The lowest BCUT2D eigenvalue weighted by Crippen LogP contribution is -2.44.